The number of anilines is 1. The smallest absolute Gasteiger partial charge is 0.244 e. The molecule has 3 N–H and O–H groups in total. The van der Waals surface area contributed by atoms with Gasteiger partial charge >= 0.3 is 0 Å². The lowest BCUT2D eigenvalue weighted by molar-refractivity contribution is -0.119. The Bertz CT molecular complexity index is 957. The fourth-order valence-electron chi connectivity index (χ4n) is 2.79. The van der Waals surface area contributed by atoms with Crippen molar-refractivity contribution < 1.29 is 9.18 Å². The molecule has 2 heterocycles. The van der Waals surface area contributed by atoms with Gasteiger partial charge < -0.3 is 10.6 Å². The second-order valence-corrected chi connectivity index (χ2v) is 7.10. The number of carbonyl (C=O) groups excluding carboxylic acids is 1. The quantitative estimate of drug-likeness (QED) is 0.654. The maximum atomic E-state index is 14.3. The molecule has 1 saturated carbocycles. The Kier molecular flexibility index (Phi) is 3.89. The number of hydrogen-bond acceptors (Lipinski definition) is 4. The molecule has 0 spiro atoms. The minimum atomic E-state index is -0.556. The van der Waals surface area contributed by atoms with Crippen LogP contribution >= 0.6 is 11.3 Å². The molecule has 128 valence electrons. The second-order valence-electron chi connectivity index (χ2n) is 6.12. The molecule has 0 bridgehead atoms. The van der Waals surface area contributed by atoms with E-state index < -0.39 is 11.4 Å². The van der Waals surface area contributed by atoms with E-state index in [0.717, 1.165) is 23.1 Å². The van der Waals surface area contributed by atoms with Crippen LogP contribution in [0.3, 0.4) is 0 Å². The molecule has 3 aromatic rings. The highest BCUT2D eigenvalue weighted by Crippen LogP contribution is 2.36. The van der Waals surface area contributed by atoms with E-state index in [4.69, 9.17) is 0 Å². The summed E-state index contributed by atoms with van der Waals surface area (Å²) in [5, 5.41) is 15.5. The highest BCUT2D eigenvalue weighted by atomic mass is 32.1. The Balaban J connectivity index is 1.65. The van der Waals surface area contributed by atoms with Crippen molar-refractivity contribution in [2.24, 2.45) is 0 Å². The van der Waals surface area contributed by atoms with Crippen LogP contribution in [0.2, 0.25) is 0 Å². The first-order chi connectivity index (χ1) is 12.1. The molecule has 1 amide bonds. The first kappa shape index (κ1) is 16.0. The molecule has 1 aromatic carbocycles. The number of likely N-dealkylation sites (N-methyl/N-ethyl adjacent to an activating group) is 1. The standard InChI is InChI=1S/C18H17FN4OS/c1-20-18(6-7-18)17(24)21-16-9-12-14(5-4-11-3-2-8-25-11)22-23-15(12)10-13(16)19/h2-5,8-10,20H,6-7H2,1H3,(H,21,24)(H,22,23)/b5-4+. The molecule has 0 aliphatic heterocycles. The van der Waals surface area contributed by atoms with E-state index in [2.05, 4.69) is 20.8 Å². The van der Waals surface area contributed by atoms with Gasteiger partial charge in [0.05, 0.1) is 22.4 Å². The van der Waals surface area contributed by atoms with E-state index in [-0.39, 0.29) is 11.6 Å². The fourth-order valence-corrected chi connectivity index (χ4v) is 3.40. The maximum Gasteiger partial charge on any atom is 0.244 e. The van der Waals surface area contributed by atoms with Gasteiger partial charge in [-0.1, -0.05) is 6.07 Å². The van der Waals surface area contributed by atoms with Gasteiger partial charge in [-0.05, 0) is 49.6 Å². The van der Waals surface area contributed by atoms with Gasteiger partial charge in [0.1, 0.15) is 5.82 Å². The summed E-state index contributed by atoms with van der Waals surface area (Å²) in [6.07, 6.45) is 5.37. The highest BCUT2D eigenvalue weighted by Gasteiger charge is 2.48. The summed E-state index contributed by atoms with van der Waals surface area (Å²) in [5.41, 5.74) is 0.913. The number of fused-ring (bicyclic) bond motifs is 1. The highest BCUT2D eigenvalue weighted by molar-refractivity contribution is 7.10. The Morgan fingerprint density at radius 3 is 2.92 bits per heavy atom. The lowest BCUT2D eigenvalue weighted by Gasteiger charge is -2.14. The van der Waals surface area contributed by atoms with E-state index in [1.165, 1.54) is 6.07 Å². The lowest BCUT2D eigenvalue weighted by atomic mass is 10.1. The number of carbonyl (C=O) groups is 1. The molecule has 0 saturated heterocycles. The van der Waals surface area contributed by atoms with Crippen LogP contribution in [0.25, 0.3) is 23.1 Å². The van der Waals surface area contributed by atoms with E-state index >= 15 is 0 Å². The first-order valence-electron chi connectivity index (χ1n) is 8.01. The summed E-state index contributed by atoms with van der Waals surface area (Å²) in [6.45, 7) is 0. The number of halogens is 1. The summed E-state index contributed by atoms with van der Waals surface area (Å²) in [4.78, 5) is 13.5. The molecule has 0 radical (unpaired) electrons. The normalized spacial score (nSPS) is 15.8. The van der Waals surface area contributed by atoms with Crippen LogP contribution in [-0.4, -0.2) is 28.7 Å². The van der Waals surface area contributed by atoms with E-state index in [1.54, 1.807) is 24.5 Å². The molecule has 0 unspecified atom stereocenters. The number of hydrogen-bond donors (Lipinski definition) is 3. The zero-order valence-corrected chi connectivity index (χ0v) is 14.4. The number of H-pyrrole nitrogens is 1. The van der Waals surface area contributed by atoms with Crippen LogP contribution in [0, 0.1) is 5.82 Å². The summed E-state index contributed by atoms with van der Waals surface area (Å²) in [7, 11) is 1.75. The minimum Gasteiger partial charge on any atom is -0.322 e. The molecule has 5 nitrogen and oxygen atoms in total. The Morgan fingerprint density at radius 2 is 2.24 bits per heavy atom. The van der Waals surface area contributed by atoms with Crippen molar-refractivity contribution in [2.75, 3.05) is 12.4 Å². The first-order valence-corrected chi connectivity index (χ1v) is 8.89. The van der Waals surface area contributed by atoms with E-state index in [9.17, 15) is 9.18 Å². The van der Waals surface area contributed by atoms with Gasteiger partial charge in [-0.3, -0.25) is 9.89 Å². The Hall–Kier alpha value is -2.51. The van der Waals surface area contributed by atoms with Crippen molar-refractivity contribution in [3.8, 4) is 0 Å². The minimum absolute atomic E-state index is 0.172. The van der Waals surface area contributed by atoms with Crippen molar-refractivity contribution >= 4 is 46.0 Å². The SMILES string of the molecule is CNC1(C(=O)Nc2cc3c(/C=C/c4cccs4)n[nH]c3cc2F)CC1. The van der Waals surface area contributed by atoms with Crippen LogP contribution in [0.4, 0.5) is 10.1 Å². The van der Waals surface area contributed by atoms with E-state index in [0.29, 0.717) is 11.2 Å². The van der Waals surface area contributed by atoms with Crippen molar-refractivity contribution in [1.82, 2.24) is 15.5 Å². The topological polar surface area (TPSA) is 69.8 Å². The number of rotatable bonds is 5. The average molecular weight is 356 g/mol. The molecule has 2 aromatic heterocycles. The molecular formula is C18H17FN4OS. The van der Waals surface area contributed by atoms with Crippen LogP contribution < -0.4 is 10.6 Å². The maximum absolute atomic E-state index is 14.3. The van der Waals surface area contributed by atoms with Gasteiger partial charge in [-0.15, -0.1) is 11.3 Å². The van der Waals surface area contributed by atoms with Gasteiger partial charge in [-0.2, -0.15) is 5.10 Å². The predicted octanol–water partition coefficient (Wildman–Crippen LogP) is 3.62. The van der Waals surface area contributed by atoms with Crippen molar-refractivity contribution in [3.63, 3.8) is 0 Å². The molecular weight excluding hydrogens is 339 g/mol. The Labute approximate surface area is 147 Å². The summed E-state index contributed by atoms with van der Waals surface area (Å²) < 4.78 is 14.3. The Morgan fingerprint density at radius 1 is 1.40 bits per heavy atom. The number of benzene rings is 1. The van der Waals surface area contributed by atoms with Crippen LogP contribution in [0.15, 0.2) is 29.6 Å². The zero-order chi connectivity index (χ0) is 17.4. The van der Waals surface area contributed by atoms with Crippen LogP contribution in [0.5, 0.6) is 0 Å². The van der Waals surface area contributed by atoms with Crippen molar-refractivity contribution in [2.45, 2.75) is 18.4 Å². The monoisotopic (exact) mass is 356 g/mol. The number of nitrogens with zero attached hydrogens (tertiary/aromatic N) is 1. The number of thiophene rings is 1. The van der Waals surface area contributed by atoms with Gasteiger partial charge in [0.2, 0.25) is 5.91 Å². The zero-order valence-electron chi connectivity index (χ0n) is 13.6. The molecule has 1 fully saturated rings. The van der Waals surface area contributed by atoms with Crippen LogP contribution in [-0.2, 0) is 4.79 Å². The summed E-state index contributed by atoms with van der Waals surface area (Å²) in [5.74, 6) is -0.683. The molecule has 0 atom stereocenters. The second kappa shape index (κ2) is 6.09. The number of amides is 1. The predicted molar refractivity (Wildman–Crippen MR) is 99.0 cm³/mol. The van der Waals surface area contributed by atoms with Crippen molar-refractivity contribution in [1.29, 1.82) is 0 Å². The van der Waals surface area contributed by atoms with E-state index in [1.807, 2.05) is 29.7 Å². The average Bonchev–Trinajstić information content (AvgIpc) is 3.06. The fraction of sp³-hybridized carbons (Fsp3) is 0.222. The number of aromatic nitrogens is 2. The lowest BCUT2D eigenvalue weighted by Crippen LogP contribution is -2.40. The number of nitrogens with one attached hydrogen (secondary N) is 3. The largest absolute Gasteiger partial charge is 0.322 e. The number of aromatic amines is 1. The molecule has 4 rings (SSSR count). The molecule has 1 aliphatic rings. The van der Waals surface area contributed by atoms with Crippen LogP contribution in [0.1, 0.15) is 23.4 Å². The summed E-state index contributed by atoms with van der Waals surface area (Å²) in [6, 6.07) is 6.98. The third-order valence-corrected chi connectivity index (χ3v) is 5.38. The van der Waals surface area contributed by atoms with Gasteiger partial charge in [0.25, 0.3) is 0 Å². The molecule has 1 aliphatic carbocycles. The van der Waals surface area contributed by atoms with Gasteiger partial charge in [0, 0.05) is 16.3 Å². The van der Waals surface area contributed by atoms with Crippen molar-refractivity contribution in [3.05, 3.63) is 46.0 Å². The van der Waals surface area contributed by atoms with Gasteiger partial charge in [0.15, 0.2) is 0 Å². The molecule has 25 heavy (non-hydrogen) atoms. The summed E-state index contributed by atoms with van der Waals surface area (Å²) >= 11 is 1.63. The third-order valence-electron chi connectivity index (χ3n) is 4.54. The van der Waals surface area contributed by atoms with Gasteiger partial charge in [-0.25, -0.2) is 4.39 Å². The third kappa shape index (κ3) is 2.96. The molecule has 7 heteroatoms.